The summed E-state index contributed by atoms with van der Waals surface area (Å²) in [4.78, 5) is 25.4. The highest BCUT2D eigenvalue weighted by molar-refractivity contribution is 9.12. The predicted octanol–water partition coefficient (Wildman–Crippen LogP) is 3.71. The van der Waals surface area contributed by atoms with E-state index in [1.165, 1.54) is 38.5 Å². The number of aliphatic hydroxyl groups is 2. The molecule has 2 amide bonds. The van der Waals surface area contributed by atoms with Crippen molar-refractivity contribution in [1.82, 2.24) is 10.6 Å². The molecule has 0 aromatic rings. The van der Waals surface area contributed by atoms with Crippen LogP contribution in [0.5, 0.6) is 0 Å². The van der Waals surface area contributed by atoms with E-state index in [-0.39, 0.29) is 12.8 Å². The Bertz CT molecular complexity index is 922. The molecule has 0 saturated carbocycles. The maximum absolute atomic E-state index is 12.7. The van der Waals surface area contributed by atoms with Gasteiger partial charge in [0.25, 0.3) is 0 Å². The Morgan fingerprint density at radius 2 is 1.05 bits per heavy atom. The number of carbonyl (C=O) groups excluding carboxylic acids is 2. The van der Waals surface area contributed by atoms with Gasteiger partial charge in [0.2, 0.25) is 23.4 Å². The molecule has 214 valence electrons. The Morgan fingerprint density at radius 3 is 1.29 bits per heavy atom. The minimum Gasteiger partial charge on any atom is -0.381 e. The van der Waals surface area contributed by atoms with Crippen molar-refractivity contribution >= 4 is 75.5 Å². The lowest BCUT2D eigenvalue weighted by Gasteiger charge is -2.38. The summed E-state index contributed by atoms with van der Waals surface area (Å²) in [6.07, 6.45) is 4.23. The quantitative estimate of drug-likeness (QED) is 0.220. The fourth-order valence-corrected chi connectivity index (χ4v) is 8.18. The van der Waals surface area contributed by atoms with E-state index in [0.717, 1.165) is 0 Å². The summed E-state index contributed by atoms with van der Waals surface area (Å²) >= 11 is 13.5. The lowest BCUT2D eigenvalue weighted by molar-refractivity contribution is -0.157. The van der Waals surface area contributed by atoms with Gasteiger partial charge in [-0.05, 0) is 109 Å². The molecule has 4 N–H and O–H groups in total. The Labute approximate surface area is 255 Å². The predicted molar refractivity (Wildman–Crippen MR) is 156 cm³/mol. The van der Waals surface area contributed by atoms with Gasteiger partial charge in [0.15, 0.2) is 0 Å². The van der Waals surface area contributed by atoms with Gasteiger partial charge < -0.3 is 39.8 Å². The molecule has 0 saturated heterocycles. The number of hydrogen-bond donors (Lipinski definition) is 4. The number of rotatable bonds is 12. The lowest BCUT2D eigenvalue weighted by Crippen LogP contribution is -2.50. The Hall–Kier alpha value is -0.420. The summed E-state index contributed by atoms with van der Waals surface area (Å²) in [5.74, 6) is -3.57. The monoisotopic (exact) mass is 792 g/mol. The van der Waals surface area contributed by atoms with Crippen LogP contribution in [0, 0.1) is 0 Å². The molecule has 2 aliphatic carbocycles. The molecule has 0 aromatic carbocycles. The fourth-order valence-electron chi connectivity index (χ4n) is 4.10. The lowest BCUT2D eigenvalue weighted by atomic mass is 9.91. The number of methoxy groups -OCH3 is 2. The smallest absolute Gasteiger partial charge is 0.235 e. The SMILES string of the molecule is CCOC1(OC)C(Br)=CC(O)(CC(=O)NC(C)NC(=O)CC2(O)C=C(Br)C(OC)(OCC)C(Br)=C2)C=C1Br. The van der Waals surface area contributed by atoms with Crippen molar-refractivity contribution < 1.29 is 38.7 Å². The number of carbonyl (C=O) groups is 2. The molecule has 0 fully saturated rings. The summed E-state index contributed by atoms with van der Waals surface area (Å²) in [6, 6.07) is 0. The second kappa shape index (κ2) is 13.5. The highest BCUT2D eigenvalue weighted by Gasteiger charge is 2.46. The average Bonchev–Trinajstić information content (AvgIpc) is 2.77. The minimum atomic E-state index is -1.65. The molecule has 0 aromatic heterocycles. The molecule has 0 unspecified atom stereocenters. The third kappa shape index (κ3) is 7.45. The Kier molecular flexibility index (Phi) is 12.0. The van der Waals surface area contributed by atoms with Crippen LogP contribution in [0.25, 0.3) is 0 Å². The second-order valence-electron chi connectivity index (χ2n) is 8.67. The van der Waals surface area contributed by atoms with Gasteiger partial charge in [0, 0.05) is 27.4 Å². The zero-order valence-electron chi connectivity index (χ0n) is 21.6. The van der Waals surface area contributed by atoms with Crippen LogP contribution in [0.1, 0.15) is 33.6 Å². The third-order valence-corrected chi connectivity index (χ3v) is 8.68. The fraction of sp³-hybridized carbons (Fsp3) is 0.583. The van der Waals surface area contributed by atoms with Crippen LogP contribution in [0.3, 0.4) is 0 Å². The van der Waals surface area contributed by atoms with E-state index < -0.39 is 40.8 Å². The van der Waals surface area contributed by atoms with Crippen LogP contribution < -0.4 is 10.6 Å². The standard InChI is InChI=1S/C24H32Br4N2O8/c1-6-37-23(35-4)15(25)8-21(33,9-16(23)26)12-19(31)29-14(3)30-20(32)13-22(34)10-17(27)24(36-5,38-7-2)18(28)11-22/h8-11,14,33-34H,6-7,12-13H2,1-5H3,(H,29,31)(H,30,32). The molecule has 10 nitrogen and oxygen atoms in total. The van der Waals surface area contributed by atoms with Gasteiger partial charge in [-0.15, -0.1) is 0 Å². The molecular formula is C24H32Br4N2O8. The molecule has 0 spiro atoms. The van der Waals surface area contributed by atoms with E-state index in [1.807, 2.05) is 0 Å². The first-order valence-electron chi connectivity index (χ1n) is 11.6. The molecular weight excluding hydrogens is 764 g/mol. The molecule has 0 heterocycles. The Morgan fingerprint density at radius 1 is 0.763 bits per heavy atom. The van der Waals surface area contributed by atoms with Crippen molar-refractivity contribution in [3.8, 4) is 0 Å². The average molecular weight is 796 g/mol. The molecule has 0 radical (unpaired) electrons. The maximum Gasteiger partial charge on any atom is 0.235 e. The molecule has 2 aliphatic rings. The first kappa shape index (κ1) is 33.8. The van der Waals surface area contributed by atoms with Crippen LogP contribution >= 0.6 is 63.7 Å². The molecule has 14 heteroatoms. The first-order chi connectivity index (χ1) is 17.6. The highest BCUT2D eigenvalue weighted by atomic mass is 79.9. The number of amides is 2. The summed E-state index contributed by atoms with van der Waals surface area (Å²) in [5, 5.41) is 27.3. The number of hydrogen-bond acceptors (Lipinski definition) is 8. The van der Waals surface area contributed by atoms with E-state index in [2.05, 4.69) is 74.4 Å². The van der Waals surface area contributed by atoms with Crippen molar-refractivity contribution in [2.45, 2.75) is 62.6 Å². The van der Waals surface area contributed by atoms with Gasteiger partial charge in [0.1, 0.15) is 11.2 Å². The minimum absolute atomic E-state index is 0.338. The molecule has 38 heavy (non-hydrogen) atoms. The van der Waals surface area contributed by atoms with E-state index in [4.69, 9.17) is 18.9 Å². The van der Waals surface area contributed by atoms with Crippen LogP contribution in [0.15, 0.2) is 42.2 Å². The van der Waals surface area contributed by atoms with E-state index in [1.54, 1.807) is 20.8 Å². The summed E-state index contributed by atoms with van der Waals surface area (Å²) < 4.78 is 24.0. The van der Waals surface area contributed by atoms with Crippen molar-refractivity contribution in [1.29, 1.82) is 0 Å². The van der Waals surface area contributed by atoms with Crippen LogP contribution in [0.4, 0.5) is 0 Å². The Balaban J connectivity index is 2.02. The summed E-state index contributed by atoms with van der Waals surface area (Å²) in [6.45, 7) is 5.84. The van der Waals surface area contributed by atoms with Gasteiger partial charge in [-0.25, -0.2) is 0 Å². The summed E-state index contributed by atoms with van der Waals surface area (Å²) in [7, 11) is 2.92. The number of ether oxygens (including phenoxy) is 4. The summed E-state index contributed by atoms with van der Waals surface area (Å²) in [5.41, 5.74) is -3.30. The van der Waals surface area contributed by atoms with Gasteiger partial charge >= 0.3 is 0 Å². The zero-order valence-corrected chi connectivity index (χ0v) is 27.9. The molecule has 2 rings (SSSR count). The molecule has 0 aliphatic heterocycles. The van der Waals surface area contributed by atoms with E-state index in [0.29, 0.717) is 31.1 Å². The van der Waals surface area contributed by atoms with E-state index >= 15 is 0 Å². The molecule has 0 atom stereocenters. The molecule has 0 bridgehead atoms. The zero-order chi connectivity index (χ0) is 28.9. The maximum atomic E-state index is 12.7. The van der Waals surface area contributed by atoms with Crippen LogP contribution in [-0.4, -0.2) is 78.4 Å². The highest BCUT2D eigenvalue weighted by Crippen LogP contribution is 2.45. The largest absolute Gasteiger partial charge is 0.381 e. The first-order valence-corrected chi connectivity index (χ1v) is 14.8. The van der Waals surface area contributed by atoms with Crippen LogP contribution in [0.2, 0.25) is 0 Å². The van der Waals surface area contributed by atoms with Gasteiger partial charge in [-0.1, -0.05) is 0 Å². The van der Waals surface area contributed by atoms with Crippen molar-refractivity contribution in [3.05, 3.63) is 42.2 Å². The number of nitrogens with one attached hydrogen (secondary N) is 2. The van der Waals surface area contributed by atoms with Crippen molar-refractivity contribution in [3.63, 3.8) is 0 Å². The van der Waals surface area contributed by atoms with E-state index in [9.17, 15) is 19.8 Å². The van der Waals surface area contributed by atoms with Gasteiger partial charge in [-0.2, -0.15) is 0 Å². The normalized spacial score (nSPS) is 32.0. The van der Waals surface area contributed by atoms with Gasteiger partial charge in [-0.3, -0.25) is 9.59 Å². The van der Waals surface area contributed by atoms with Crippen LogP contribution in [-0.2, 0) is 28.5 Å². The second-order valence-corrected chi connectivity index (χ2v) is 12.1. The van der Waals surface area contributed by atoms with Crippen molar-refractivity contribution in [2.75, 3.05) is 27.4 Å². The van der Waals surface area contributed by atoms with Crippen molar-refractivity contribution in [2.24, 2.45) is 0 Å². The third-order valence-electron chi connectivity index (χ3n) is 5.68. The number of halogens is 4. The van der Waals surface area contributed by atoms with Gasteiger partial charge in [0.05, 0.1) is 36.9 Å². The topological polar surface area (TPSA) is 136 Å².